The van der Waals surface area contributed by atoms with Crippen LogP contribution in [0.3, 0.4) is 0 Å². The molecule has 3 nitrogen and oxygen atoms in total. The molecule has 6 heteroatoms. The largest absolute Gasteiger partial charge is 0.494 e. The number of nitrogens with one attached hydrogen (secondary N) is 1. The van der Waals surface area contributed by atoms with Crippen molar-refractivity contribution in [3.8, 4) is 5.75 Å². The molecule has 0 unspecified atom stereocenters. The predicted octanol–water partition coefficient (Wildman–Crippen LogP) is 3.25. The molecule has 0 bridgehead atoms. The summed E-state index contributed by atoms with van der Waals surface area (Å²) in [6.07, 6.45) is 3.74. The molecule has 126 valence electrons. The highest BCUT2D eigenvalue weighted by Gasteiger charge is 2.31. The first-order chi connectivity index (χ1) is 9.78. The lowest BCUT2D eigenvalue weighted by Crippen LogP contribution is -2.51. The molecule has 0 saturated carbocycles. The van der Waals surface area contributed by atoms with Crippen molar-refractivity contribution < 1.29 is 9.13 Å². The van der Waals surface area contributed by atoms with Gasteiger partial charge in [-0.05, 0) is 44.3 Å². The first-order valence-electron chi connectivity index (χ1n) is 7.55. The van der Waals surface area contributed by atoms with Crippen LogP contribution in [0, 0.1) is 11.7 Å². The van der Waals surface area contributed by atoms with E-state index in [2.05, 4.69) is 10.2 Å². The molecule has 2 aliphatic heterocycles. The lowest BCUT2D eigenvalue weighted by Gasteiger charge is -2.41. The quantitative estimate of drug-likeness (QED) is 0.905. The summed E-state index contributed by atoms with van der Waals surface area (Å²) in [5.41, 5.74) is 0.742. The standard InChI is InChI=1S/C16H23FN2O.2ClH/c1-20-15-6-2-4-13(16(15)17)11-19-9-7-14-12(10-19)5-3-8-18-14;;/h2,4,6,12,14,18H,3,5,7-11H2,1H3;2*1H/t12-,14+;;/m1../s1. The van der Waals surface area contributed by atoms with Crippen molar-refractivity contribution in [3.05, 3.63) is 29.6 Å². The minimum absolute atomic E-state index is 0. The van der Waals surface area contributed by atoms with E-state index in [0.717, 1.165) is 31.1 Å². The second kappa shape index (κ2) is 8.92. The number of fused-ring (bicyclic) bond motifs is 1. The van der Waals surface area contributed by atoms with Gasteiger partial charge in [-0.3, -0.25) is 4.90 Å². The van der Waals surface area contributed by atoms with Gasteiger partial charge in [0.1, 0.15) is 0 Å². The Morgan fingerprint density at radius 3 is 2.91 bits per heavy atom. The monoisotopic (exact) mass is 350 g/mol. The first-order valence-corrected chi connectivity index (χ1v) is 7.55. The Balaban J connectivity index is 0.00000121. The summed E-state index contributed by atoms with van der Waals surface area (Å²) in [5, 5.41) is 3.61. The maximum atomic E-state index is 14.2. The topological polar surface area (TPSA) is 24.5 Å². The third-order valence-electron chi connectivity index (χ3n) is 4.63. The second-order valence-corrected chi connectivity index (χ2v) is 5.92. The summed E-state index contributed by atoms with van der Waals surface area (Å²) in [6, 6.07) is 6.08. The van der Waals surface area contributed by atoms with E-state index in [-0.39, 0.29) is 30.6 Å². The molecule has 2 atom stereocenters. The Bertz CT molecular complexity index is 475. The maximum absolute atomic E-state index is 14.2. The van der Waals surface area contributed by atoms with Crippen LogP contribution in [0.2, 0.25) is 0 Å². The van der Waals surface area contributed by atoms with Crippen LogP contribution in [0.15, 0.2) is 18.2 Å². The van der Waals surface area contributed by atoms with Gasteiger partial charge in [0.05, 0.1) is 7.11 Å². The van der Waals surface area contributed by atoms with Gasteiger partial charge in [-0.1, -0.05) is 12.1 Å². The number of benzene rings is 1. The van der Waals surface area contributed by atoms with Crippen LogP contribution in [0.4, 0.5) is 4.39 Å². The average molecular weight is 351 g/mol. The zero-order chi connectivity index (χ0) is 13.9. The normalized spacial score (nSPS) is 24.6. The van der Waals surface area contributed by atoms with Gasteiger partial charge in [0.2, 0.25) is 0 Å². The maximum Gasteiger partial charge on any atom is 0.169 e. The molecule has 2 heterocycles. The Hall–Kier alpha value is -0.550. The van der Waals surface area contributed by atoms with Crippen molar-refractivity contribution in [2.75, 3.05) is 26.7 Å². The summed E-state index contributed by atoms with van der Waals surface area (Å²) < 4.78 is 19.3. The van der Waals surface area contributed by atoms with Gasteiger partial charge in [-0.2, -0.15) is 0 Å². The van der Waals surface area contributed by atoms with Crippen molar-refractivity contribution in [1.82, 2.24) is 10.2 Å². The van der Waals surface area contributed by atoms with Crippen molar-refractivity contribution in [1.29, 1.82) is 0 Å². The molecule has 0 radical (unpaired) electrons. The Kier molecular flexibility index (Phi) is 7.90. The SMILES string of the molecule is COc1cccc(CN2CC[C@@H]3NCCC[C@@H]3C2)c1F.Cl.Cl. The van der Waals surface area contributed by atoms with Crippen molar-refractivity contribution in [3.63, 3.8) is 0 Å². The van der Waals surface area contributed by atoms with Gasteiger partial charge >= 0.3 is 0 Å². The third-order valence-corrected chi connectivity index (χ3v) is 4.63. The van der Waals surface area contributed by atoms with Gasteiger partial charge in [-0.25, -0.2) is 4.39 Å². The molecule has 0 spiro atoms. The minimum Gasteiger partial charge on any atom is -0.494 e. The van der Waals surface area contributed by atoms with Crippen molar-refractivity contribution in [2.24, 2.45) is 5.92 Å². The van der Waals surface area contributed by atoms with E-state index in [1.54, 1.807) is 6.07 Å². The van der Waals surface area contributed by atoms with Crippen LogP contribution >= 0.6 is 24.8 Å². The number of ether oxygens (including phenoxy) is 1. The van der Waals surface area contributed by atoms with Crippen molar-refractivity contribution in [2.45, 2.75) is 31.8 Å². The number of halogens is 3. The van der Waals surface area contributed by atoms with E-state index in [1.165, 1.54) is 26.4 Å². The summed E-state index contributed by atoms with van der Waals surface area (Å²) >= 11 is 0. The van der Waals surface area contributed by atoms with E-state index >= 15 is 0 Å². The van der Waals surface area contributed by atoms with Crippen LogP contribution in [0.25, 0.3) is 0 Å². The second-order valence-electron chi connectivity index (χ2n) is 5.92. The van der Waals surface area contributed by atoms with E-state index in [0.29, 0.717) is 18.3 Å². The molecular weight excluding hydrogens is 326 g/mol. The highest BCUT2D eigenvalue weighted by atomic mass is 35.5. The number of methoxy groups -OCH3 is 1. The van der Waals surface area contributed by atoms with Crippen molar-refractivity contribution >= 4 is 24.8 Å². The number of piperidine rings is 2. The Morgan fingerprint density at radius 1 is 1.32 bits per heavy atom. The minimum atomic E-state index is -0.209. The molecule has 1 aromatic rings. The fourth-order valence-corrected chi connectivity index (χ4v) is 3.54. The van der Waals surface area contributed by atoms with E-state index in [1.807, 2.05) is 12.1 Å². The van der Waals surface area contributed by atoms with Crippen LogP contribution < -0.4 is 10.1 Å². The van der Waals surface area contributed by atoms with Gasteiger partial charge in [0, 0.05) is 24.7 Å². The Labute approximate surface area is 144 Å². The number of nitrogens with zero attached hydrogens (tertiary/aromatic N) is 1. The smallest absolute Gasteiger partial charge is 0.169 e. The molecule has 0 aromatic heterocycles. The van der Waals surface area contributed by atoms with Gasteiger partial charge < -0.3 is 10.1 Å². The molecule has 2 fully saturated rings. The molecule has 1 aromatic carbocycles. The highest BCUT2D eigenvalue weighted by molar-refractivity contribution is 5.85. The van der Waals surface area contributed by atoms with Gasteiger partial charge in [0.15, 0.2) is 11.6 Å². The summed E-state index contributed by atoms with van der Waals surface area (Å²) in [4.78, 5) is 2.38. The summed E-state index contributed by atoms with van der Waals surface area (Å²) in [6.45, 7) is 3.97. The third kappa shape index (κ3) is 4.25. The first kappa shape index (κ1) is 19.5. The Morgan fingerprint density at radius 2 is 2.14 bits per heavy atom. The van der Waals surface area contributed by atoms with Crippen LogP contribution in [-0.4, -0.2) is 37.7 Å². The number of likely N-dealkylation sites (tertiary alicyclic amines) is 1. The molecule has 22 heavy (non-hydrogen) atoms. The molecule has 2 saturated heterocycles. The molecule has 2 aliphatic rings. The number of rotatable bonds is 3. The molecule has 3 rings (SSSR count). The zero-order valence-corrected chi connectivity index (χ0v) is 14.5. The lowest BCUT2D eigenvalue weighted by molar-refractivity contribution is 0.108. The van der Waals surface area contributed by atoms with Crippen LogP contribution in [0.1, 0.15) is 24.8 Å². The van der Waals surface area contributed by atoms with Crippen LogP contribution in [0.5, 0.6) is 5.75 Å². The fourth-order valence-electron chi connectivity index (χ4n) is 3.54. The molecule has 1 N–H and O–H groups in total. The average Bonchev–Trinajstić information content (AvgIpc) is 2.49. The summed E-state index contributed by atoms with van der Waals surface area (Å²) in [5.74, 6) is 0.863. The van der Waals surface area contributed by atoms with E-state index in [4.69, 9.17) is 4.74 Å². The number of hydrogen-bond donors (Lipinski definition) is 1. The molecule has 0 aliphatic carbocycles. The van der Waals surface area contributed by atoms with Gasteiger partial charge in [0.25, 0.3) is 0 Å². The highest BCUT2D eigenvalue weighted by Crippen LogP contribution is 2.27. The molecule has 0 amide bonds. The van der Waals surface area contributed by atoms with E-state index < -0.39 is 0 Å². The number of hydrogen-bond acceptors (Lipinski definition) is 3. The molecular formula is C16H25Cl2FN2O. The summed E-state index contributed by atoms with van der Waals surface area (Å²) in [7, 11) is 1.52. The van der Waals surface area contributed by atoms with Gasteiger partial charge in [-0.15, -0.1) is 24.8 Å². The zero-order valence-electron chi connectivity index (χ0n) is 12.9. The predicted molar refractivity (Wildman–Crippen MR) is 91.9 cm³/mol. The lowest BCUT2D eigenvalue weighted by atomic mass is 9.85. The van der Waals surface area contributed by atoms with Crippen LogP contribution in [-0.2, 0) is 6.54 Å². The fraction of sp³-hybridized carbons (Fsp3) is 0.625. The van der Waals surface area contributed by atoms with E-state index in [9.17, 15) is 4.39 Å².